The van der Waals surface area contributed by atoms with Gasteiger partial charge in [0.1, 0.15) is 11.6 Å². The first-order valence-corrected chi connectivity index (χ1v) is 12.9. The number of aliphatic hydroxyl groups excluding tert-OH is 1. The monoisotopic (exact) mass is 513 g/mol. The highest BCUT2D eigenvalue weighted by Crippen LogP contribution is 2.54. The Morgan fingerprint density at radius 2 is 1.83 bits per heavy atom. The Morgan fingerprint density at radius 3 is 2.50 bits per heavy atom. The lowest BCUT2D eigenvalue weighted by molar-refractivity contribution is -0.147. The first-order valence-electron chi connectivity index (χ1n) is 12.5. The van der Waals surface area contributed by atoms with Crippen LogP contribution in [0.4, 0.5) is 5.69 Å². The van der Waals surface area contributed by atoms with Crippen molar-refractivity contribution in [2.24, 2.45) is 17.8 Å². The Balaban J connectivity index is 1.66. The Morgan fingerprint density at radius 1 is 1.11 bits per heavy atom. The largest absolute Gasteiger partial charge is 0.394 e. The number of likely N-dealkylation sites (tertiary alicyclic amines) is 1. The lowest BCUT2D eigenvalue weighted by Crippen LogP contribution is -2.59. The van der Waals surface area contributed by atoms with E-state index in [1.165, 1.54) is 4.90 Å². The van der Waals surface area contributed by atoms with Gasteiger partial charge < -0.3 is 24.5 Å². The van der Waals surface area contributed by atoms with Crippen LogP contribution in [0.3, 0.4) is 0 Å². The topological polar surface area (TPSA) is 90.4 Å². The number of hydrogen-bond acceptors (Lipinski definition) is 5. The summed E-state index contributed by atoms with van der Waals surface area (Å²) in [6, 6.07) is 5.36. The lowest BCUT2D eigenvalue weighted by atomic mass is 9.77. The number of amides is 3. The van der Waals surface area contributed by atoms with E-state index in [4.69, 9.17) is 16.3 Å². The molecule has 9 heteroatoms. The molecule has 2 fully saturated rings. The summed E-state index contributed by atoms with van der Waals surface area (Å²) in [5.41, 5.74) is -0.669. The SMILES string of the molecule is CC[C@H](C)[C@H](CO)N1C(=O)[C@@H]2[C@H]3C(=O)N(C)CC=C[C@H]3O[C@@]23C=CCN(c2ccc(Cl)cc2)C(=O)C13. The zero-order valence-electron chi connectivity index (χ0n) is 20.7. The number of anilines is 1. The molecule has 0 aromatic heterocycles. The Kier molecular flexibility index (Phi) is 6.47. The van der Waals surface area contributed by atoms with Crippen LogP contribution in [0, 0.1) is 17.8 Å². The number of aliphatic hydroxyl groups is 1. The van der Waals surface area contributed by atoms with Gasteiger partial charge in [-0.05, 0) is 30.2 Å². The van der Waals surface area contributed by atoms with Gasteiger partial charge in [0.05, 0.1) is 30.6 Å². The van der Waals surface area contributed by atoms with E-state index in [0.29, 0.717) is 23.7 Å². The van der Waals surface area contributed by atoms with E-state index in [2.05, 4.69) is 0 Å². The van der Waals surface area contributed by atoms with Crippen LogP contribution in [0.1, 0.15) is 20.3 Å². The van der Waals surface area contributed by atoms with Crippen molar-refractivity contribution in [1.29, 1.82) is 0 Å². The van der Waals surface area contributed by atoms with Crippen LogP contribution < -0.4 is 4.90 Å². The van der Waals surface area contributed by atoms with Crippen molar-refractivity contribution in [3.8, 4) is 0 Å². The van der Waals surface area contributed by atoms with Crippen LogP contribution in [-0.2, 0) is 19.1 Å². The summed E-state index contributed by atoms with van der Waals surface area (Å²) in [6.45, 7) is 4.37. The summed E-state index contributed by atoms with van der Waals surface area (Å²) in [7, 11) is 1.71. The molecule has 4 heterocycles. The van der Waals surface area contributed by atoms with Crippen LogP contribution in [-0.4, -0.2) is 83.2 Å². The number of likely N-dealkylation sites (N-methyl/N-ethyl adjacent to an activating group) is 1. The fraction of sp³-hybridized carbons (Fsp3) is 0.519. The number of carbonyl (C=O) groups excluding carboxylic acids is 3. The molecule has 0 aliphatic carbocycles. The van der Waals surface area contributed by atoms with Gasteiger partial charge in [0.2, 0.25) is 11.8 Å². The highest BCUT2D eigenvalue weighted by molar-refractivity contribution is 6.30. The van der Waals surface area contributed by atoms with Crippen molar-refractivity contribution in [2.45, 2.75) is 44.1 Å². The van der Waals surface area contributed by atoms with E-state index < -0.39 is 35.6 Å². The Bertz CT molecular complexity index is 1120. The molecule has 192 valence electrons. The summed E-state index contributed by atoms with van der Waals surface area (Å²) in [5, 5.41) is 11.0. The molecule has 2 saturated heterocycles. The van der Waals surface area contributed by atoms with E-state index >= 15 is 0 Å². The molecule has 1 aromatic rings. The molecular weight excluding hydrogens is 482 g/mol. The number of fused-ring (bicyclic) bond motifs is 2. The number of nitrogens with zero attached hydrogens (tertiary/aromatic N) is 3. The van der Waals surface area contributed by atoms with Crippen molar-refractivity contribution in [1.82, 2.24) is 9.80 Å². The maximum atomic E-state index is 14.3. The lowest BCUT2D eigenvalue weighted by Gasteiger charge is -2.40. The summed E-state index contributed by atoms with van der Waals surface area (Å²) >= 11 is 6.08. The molecule has 0 saturated carbocycles. The standard InChI is InChI=1S/C27H32ClN3O5/c1-4-16(2)19(15-32)31-23-26(35)30(18-10-8-17(28)9-11-18)14-6-12-27(23)22(25(31)34)21-20(36-27)7-5-13-29(3)24(21)33/h5-12,16,19-23,32H,4,13-15H2,1-3H3/t16-,19-,20+,21-,22-,23?,27-/m0/s1. The molecule has 1 N–H and O–H groups in total. The first kappa shape index (κ1) is 25.0. The predicted octanol–water partition coefficient (Wildman–Crippen LogP) is 2.26. The molecule has 0 bridgehead atoms. The van der Waals surface area contributed by atoms with Crippen molar-refractivity contribution >= 4 is 35.0 Å². The molecular formula is C27H32ClN3O5. The van der Waals surface area contributed by atoms with Gasteiger partial charge in [0.25, 0.3) is 5.91 Å². The summed E-state index contributed by atoms with van der Waals surface area (Å²) < 4.78 is 6.61. The van der Waals surface area contributed by atoms with E-state index in [1.54, 1.807) is 41.1 Å². The van der Waals surface area contributed by atoms with Gasteiger partial charge in [-0.1, -0.05) is 56.2 Å². The zero-order valence-corrected chi connectivity index (χ0v) is 21.5. The molecule has 1 spiro atoms. The van der Waals surface area contributed by atoms with Gasteiger partial charge in [-0.2, -0.15) is 0 Å². The molecule has 5 rings (SSSR count). The molecule has 4 aliphatic rings. The smallest absolute Gasteiger partial charge is 0.253 e. The molecule has 1 aromatic carbocycles. The minimum absolute atomic E-state index is 0.0676. The summed E-state index contributed by atoms with van der Waals surface area (Å²) in [4.78, 5) is 46.8. The normalized spacial score (nSPS) is 33.2. The van der Waals surface area contributed by atoms with E-state index in [9.17, 15) is 19.5 Å². The number of halogens is 1. The van der Waals surface area contributed by atoms with E-state index in [-0.39, 0.29) is 36.8 Å². The van der Waals surface area contributed by atoms with Gasteiger partial charge >= 0.3 is 0 Å². The number of carbonyl (C=O) groups is 3. The minimum atomic E-state index is -1.32. The highest BCUT2D eigenvalue weighted by Gasteiger charge is 2.72. The number of benzene rings is 1. The van der Waals surface area contributed by atoms with Crippen LogP contribution in [0.15, 0.2) is 48.6 Å². The third-order valence-electron chi connectivity index (χ3n) is 8.28. The fourth-order valence-corrected chi connectivity index (χ4v) is 6.35. The molecule has 1 unspecified atom stereocenters. The third-order valence-corrected chi connectivity index (χ3v) is 8.53. The van der Waals surface area contributed by atoms with E-state index in [0.717, 1.165) is 0 Å². The maximum absolute atomic E-state index is 14.3. The first-order chi connectivity index (χ1) is 17.2. The molecule has 8 nitrogen and oxygen atoms in total. The molecule has 0 radical (unpaired) electrons. The number of hydrogen-bond donors (Lipinski definition) is 1. The Labute approximate surface area is 216 Å². The summed E-state index contributed by atoms with van der Waals surface area (Å²) in [5.74, 6) is -2.48. The van der Waals surface area contributed by atoms with Crippen LogP contribution in [0.5, 0.6) is 0 Å². The highest BCUT2D eigenvalue weighted by atomic mass is 35.5. The molecule has 4 aliphatic heterocycles. The van der Waals surface area contributed by atoms with Gasteiger partial charge in [-0.15, -0.1) is 0 Å². The molecule has 3 amide bonds. The van der Waals surface area contributed by atoms with Crippen LogP contribution >= 0.6 is 11.6 Å². The average Bonchev–Trinajstić information content (AvgIpc) is 3.19. The predicted molar refractivity (Wildman–Crippen MR) is 135 cm³/mol. The van der Waals surface area contributed by atoms with Crippen LogP contribution in [0.25, 0.3) is 0 Å². The quantitative estimate of drug-likeness (QED) is 0.610. The maximum Gasteiger partial charge on any atom is 0.253 e. The van der Waals surface area contributed by atoms with Gasteiger partial charge in [0.15, 0.2) is 0 Å². The third kappa shape index (κ3) is 3.61. The van der Waals surface area contributed by atoms with Gasteiger partial charge in [0, 0.05) is 30.8 Å². The fourth-order valence-electron chi connectivity index (χ4n) is 6.23. The zero-order chi connectivity index (χ0) is 25.8. The molecule has 36 heavy (non-hydrogen) atoms. The second kappa shape index (κ2) is 9.32. The van der Waals surface area contributed by atoms with Gasteiger partial charge in [-0.3, -0.25) is 14.4 Å². The van der Waals surface area contributed by atoms with Crippen molar-refractivity contribution in [3.05, 3.63) is 53.6 Å². The van der Waals surface area contributed by atoms with Crippen LogP contribution in [0.2, 0.25) is 5.02 Å². The van der Waals surface area contributed by atoms with Gasteiger partial charge in [-0.25, -0.2) is 0 Å². The minimum Gasteiger partial charge on any atom is -0.394 e. The van der Waals surface area contributed by atoms with Crippen molar-refractivity contribution in [2.75, 3.05) is 31.6 Å². The number of rotatable bonds is 5. The molecule has 7 atom stereocenters. The number of ether oxygens (including phenoxy) is 1. The second-order valence-electron chi connectivity index (χ2n) is 10.2. The van der Waals surface area contributed by atoms with E-state index in [1.807, 2.05) is 38.2 Å². The second-order valence-corrected chi connectivity index (χ2v) is 10.6. The van der Waals surface area contributed by atoms with Crippen molar-refractivity contribution in [3.63, 3.8) is 0 Å². The summed E-state index contributed by atoms with van der Waals surface area (Å²) in [6.07, 6.45) is 7.46. The van der Waals surface area contributed by atoms with Crippen molar-refractivity contribution < 1.29 is 24.2 Å². The Hall–Kier alpha value is -2.68. The average molecular weight is 514 g/mol.